The van der Waals surface area contributed by atoms with Crippen LogP contribution in [-0.4, -0.2) is 43.6 Å². The predicted octanol–water partition coefficient (Wildman–Crippen LogP) is 2.79. The lowest BCUT2D eigenvalue weighted by Gasteiger charge is -2.25. The number of halogens is 2. The molecular weight excluding hydrogens is 352 g/mol. The van der Waals surface area contributed by atoms with Crippen LogP contribution in [0.15, 0.2) is 48.8 Å². The number of nitrogens with zero attached hydrogens (tertiary/aromatic N) is 5. The zero-order chi connectivity index (χ0) is 18.8. The maximum absolute atomic E-state index is 14.0. The molecule has 0 saturated carbocycles. The highest BCUT2D eigenvalue weighted by Crippen LogP contribution is 2.25. The number of likely N-dealkylation sites (tertiary alicyclic amines) is 1. The van der Waals surface area contributed by atoms with Crippen LogP contribution in [0.4, 0.5) is 8.78 Å². The van der Waals surface area contributed by atoms with Crippen LogP contribution in [0.2, 0.25) is 0 Å². The third-order valence-electron chi connectivity index (χ3n) is 4.83. The molecule has 1 aliphatic rings. The zero-order valence-corrected chi connectivity index (χ0v) is 14.4. The van der Waals surface area contributed by atoms with E-state index in [9.17, 15) is 13.6 Å². The van der Waals surface area contributed by atoms with E-state index in [4.69, 9.17) is 0 Å². The Morgan fingerprint density at radius 3 is 2.70 bits per heavy atom. The molecule has 1 atom stereocenters. The number of hydrogen-bond donors (Lipinski definition) is 0. The maximum Gasteiger partial charge on any atom is 0.254 e. The molecule has 2 heterocycles. The van der Waals surface area contributed by atoms with Crippen molar-refractivity contribution < 1.29 is 13.6 Å². The number of aromatic nitrogens is 4. The van der Waals surface area contributed by atoms with Crippen LogP contribution < -0.4 is 0 Å². The van der Waals surface area contributed by atoms with Crippen molar-refractivity contribution in [1.29, 1.82) is 0 Å². The molecule has 2 aromatic carbocycles. The van der Waals surface area contributed by atoms with Crippen LogP contribution in [0.5, 0.6) is 0 Å². The first-order valence-electron chi connectivity index (χ1n) is 8.70. The molecule has 4 rings (SSSR count). The number of hydrogen-bond acceptors (Lipinski definition) is 4. The average molecular weight is 369 g/mol. The van der Waals surface area contributed by atoms with Crippen molar-refractivity contribution in [2.75, 3.05) is 6.54 Å². The largest absolute Gasteiger partial charge is 0.335 e. The summed E-state index contributed by atoms with van der Waals surface area (Å²) in [5.41, 5.74) is 1.59. The summed E-state index contributed by atoms with van der Waals surface area (Å²) in [7, 11) is 0. The molecule has 8 heteroatoms. The van der Waals surface area contributed by atoms with Gasteiger partial charge in [0.15, 0.2) is 0 Å². The Hall–Kier alpha value is -3.16. The summed E-state index contributed by atoms with van der Waals surface area (Å²) in [5, 5.41) is 11.0. The fourth-order valence-electron chi connectivity index (χ4n) is 3.47. The summed E-state index contributed by atoms with van der Waals surface area (Å²) in [6.07, 6.45) is 3.39. The molecule has 0 spiro atoms. The second kappa shape index (κ2) is 7.22. The van der Waals surface area contributed by atoms with Crippen molar-refractivity contribution >= 4 is 5.91 Å². The number of benzene rings is 2. The molecule has 1 amide bonds. The zero-order valence-electron chi connectivity index (χ0n) is 14.4. The molecule has 6 nitrogen and oxygen atoms in total. The lowest BCUT2D eigenvalue weighted by molar-refractivity contribution is 0.0736. The molecule has 1 aromatic heterocycles. The Bertz CT molecular complexity index is 943. The minimum absolute atomic E-state index is 0.113. The summed E-state index contributed by atoms with van der Waals surface area (Å²) >= 11 is 0. The molecule has 1 fully saturated rings. The van der Waals surface area contributed by atoms with E-state index in [2.05, 4.69) is 15.5 Å². The Labute approximate surface area is 154 Å². The normalized spacial score (nSPS) is 16.7. The summed E-state index contributed by atoms with van der Waals surface area (Å²) in [6.45, 7) is 0.606. The first-order valence-corrected chi connectivity index (χ1v) is 8.70. The van der Waals surface area contributed by atoms with Gasteiger partial charge in [-0.2, -0.15) is 0 Å². The maximum atomic E-state index is 14.0. The number of tetrazole rings is 1. The molecule has 0 unspecified atom stereocenters. The van der Waals surface area contributed by atoms with Gasteiger partial charge in [0.2, 0.25) is 0 Å². The van der Waals surface area contributed by atoms with Crippen molar-refractivity contribution in [1.82, 2.24) is 25.1 Å². The van der Waals surface area contributed by atoms with Gasteiger partial charge in [-0.1, -0.05) is 0 Å². The Morgan fingerprint density at radius 2 is 1.96 bits per heavy atom. The van der Waals surface area contributed by atoms with E-state index in [1.54, 1.807) is 29.2 Å². The third kappa shape index (κ3) is 3.55. The average Bonchev–Trinajstić information content (AvgIpc) is 3.36. The Kier molecular flexibility index (Phi) is 4.62. The van der Waals surface area contributed by atoms with Gasteiger partial charge in [0.05, 0.1) is 5.69 Å². The highest BCUT2D eigenvalue weighted by atomic mass is 19.1. The van der Waals surface area contributed by atoms with E-state index in [1.807, 2.05) is 0 Å². The molecule has 1 aliphatic heterocycles. The van der Waals surface area contributed by atoms with E-state index in [0.29, 0.717) is 24.1 Å². The molecule has 0 N–H and O–H groups in total. The van der Waals surface area contributed by atoms with Gasteiger partial charge in [-0.3, -0.25) is 4.79 Å². The minimum atomic E-state index is -0.472. The van der Waals surface area contributed by atoms with Gasteiger partial charge in [0.25, 0.3) is 5.91 Å². The van der Waals surface area contributed by atoms with Crippen LogP contribution in [0.3, 0.4) is 0 Å². The number of amides is 1. The number of carbonyl (C=O) groups excluding carboxylic acids is 1. The van der Waals surface area contributed by atoms with Gasteiger partial charge in [0, 0.05) is 18.2 Å². The van der Waals surface area contributed by atoms with Gasteiger partial charge in [-0.25, -0.2) is 13.5 Å². The molecule has 0 radical (unpaired) electrons. The summed E-state index contributed by atoms with van der Waals surface area (Å²) in [4.78, 5) is 14.7. The van der Waals surface area contributed by atoms with E-state index in [0.717, 1.165) is 30.7 Å². The number of rotatable bonds is 4. The van der Waals surface area contributed by atoms with E-state index < -0.39 is 11.6 Å². The Morgan fingerprint density at radius 1 is 1.15 bits per heavy atom. The highest BCUT2D eigenvalue weighted by molar-refractivity contribution is 5.94. The second-order valence-corrected chi connectivity index (χ2v) is 6.54. The van der Waals surface area contributed by atoms with Crippen molar-refractivity contribution in [3.05, 3.63) is 71.6 Å². The standard InChI is InChI=1S/C19H17F2N5O/c20-15-5-8-18(21)14(10-15)11-17-2-1-9-25(17)19(27)13-3-6-16(7-4-13)26-12-22-23-24-26/h3-8,10,12,17H,1-2,9,11H2/t17-/m1/s1. The van der Waals surface area contributed by atoms with E-state index in [1.165, 1.54) is 17.1 Å². The SMILES string of the molecule is O=C(c1ccc(-n2cnnn2)cc1)N1CCC[C@@H]1Cc1cc(F)ccc1F. The van der Waals surface area contributed by atoms with Gasteiger partial charge in [-0.05, 0) is 77.7 Å². The van der Waals surface area contributed by atoms with E-state index >= 15 is 0 Å². The smallest absolute Gasteiger partial charge is 0.254 e. The van der Waals surface area contributed by atoms with Crippen LogP contribution in [-0.2, 0) is 6.42 Å². The lowest BCUT2D eigenvalue weighted by atomic mass is 10.0. The number of carbonyl (C=O) groups is 1. The Balaban J connectivity index is 1.51. The van der Waals surface area contributed by atoms with Crippen LogP contribution in [0, 0.1) is 11.6 Å². The molecular formula is C19H17F2N5O. The fourth-order valence-corrected chi connectivity index (χ4v) is 3.47. The van der Waals surface area contributed by atoms with Gasteiger partial charge in [-0.15, -0.1) is 5.10 Å². The van der Waals surface area contributed by atoms with Crippen LogP contribution in [0.25, 0.3) is 5.69 Å². The summed E-state index contributed by atoms with van der Waals surface area (Å²) in [5.74, 6) is -1.03. The molecule has 138 valence electrons. The molecule has 3 aromatic rings. The molecule has 27 heavy (non-hydrogen) atoms. The van der Waals surface area contributed by atoms with Crippen molar-refractivity contribution in [3.63, 3.8) is 0 Å². The van der Waals surface area contributed by atoms with Gasteiger partial charge < -0.3 is 4.90 Å². The summed E-state index contributed by atoms with van der Waals surface area (Å²) < 4.78 is 28.9. The summed E-state index contributed by atoms with van der Waals surface area (Å²) in [6, 6.07) is 10.3. The minimum Gasteiger partial charge on any atom is -0.335 e. The quantitative estimate of drug-likeness (QED) is 0.709. The third-order valence-corrected chi connectivity index (χ3v) is 4.83. The first-order chi connectivity index (χ1) is 13.1. The van der Waals surface area contributed by atoms with Crippen LogP contribution >= 0.6 is 0 Å². The monoisotopic (exact) mass is 369 g/mol. The topological polar surface area (TPSA) is 63.9 Å². The van der Waals surface area contributed by atoms with Crippen molar-refractivity contribution in [2.24, 2.45) is 0 Å². The lowest BCUT2D eigenvalue weighted by Crippen LogP contribution is -2.37. The highest BCUT2D eigenvalue weighted by Gasteiger charge is 2.30. The predicted molar refractivity (Wildman–Crippen MR) is 93.3 cm³/mol. The van der Waals surface area contributed by atoms with Crippen molar-refractivity contribution in [3.8, 4) is 5.69 Å². The van der Waals surface area contributed by atoms with Crippen LogP contribution in [0.1, 0.15) is 28.8 Å². The second-order valence-electron chi connectivity index (χ2n) is 6.54. The van der Waals surface area contributed by atoms with E-state index in [-0.39, 0.29) is 11.9 Å². The fraction of sp³-hybridized carbons (Fsp3) is 0.263. The first kappa shape index (κ1) is 17.3. The van der Waals surface area contributed by atoms with Gasteiger partial charge in [0.1, 0.15) is 18.0 Å². The van der Waals surface area contributed by atoms with Gasteiger partial charge >= 0.3 is 0 Å². The molecule has 1 saturated heterocycles. The molecule has 0 bridgehead atoms. The molecule has 0 aliphatic carbocycles. The van der Waals surface area contributed by atoms with Crippen molar-refractivity contribution in [2.45, 2.75) is 25.3 Å².